The van der Waals surface area contributed by atoms with Gasteiger partial charge in [-0.1, -0.05) is 0 Å². The molecule has 0 saturated carbocycles. The van der Waals surface area contributed by atoms with E-state index in [4.69, 9.17) is 0 Å². The molecule has 0 aliphatic carbocycles. The van der Waals surface area contributed by atoms with E-state index in [1.165, 1.54) is 0 Å². The molecule has 0 aliphatic heterocycles. The van der Waals surface area contributed by atoms with Gasteiger partial charge in [-0.05, 0) is 0 Å². The van der Waals surface area contributed by atoms with Crippen LogP contribution in [0.25, 0.3) is 0 Å². The van der Waals surface area contributed by atoms with E-state index >= 15 is 0 Å². The minimum absolute atomic E-state index is 0.0999. The maximum absolute atomic E-state index is 12.4. The van der Waals surface area contributed by atoms with Crippen molar-refractivity contribution in [1.82, 2.24) is 0 Å². The maximum Gasteiger partial charge on any atom is 0.554 e. The second kappa shape index (κ2) is 8.88. The third-order valence-corrected chi connectivity index (χ3v) is 4.79. The fourth-order valence-corrected chi connectivity index (χ4v) is 3.15. The van der Waals surface area contributed by atoms with Crippen LogP contribution in [0.15, 0.2) is 48.5 Å². The lowest BCUT2D eigenvalue weighted by molar-refractivity contribution is -0.387. The van der Waals surface area contributed by atoms with Crippen LogP contribution < -0.4 is 0 Å². The molecule has 0 unspecified atom stereocenters. The van der Waals surface area contributed by atoms with Gasteiger partial charge in [-0.2, -0.15) is 0 Å². The molecule has 0 saturated heterocycles. The van der Waals surface area contributed by atoms with Crippen LogP contribution in [0, 0.1) is 20.2 Å². The van der Waals surface area contributed by atoms with Crippen molar-refractivity contribution in [2.45, 2.75) is 0 Å². The summed E-state index contributed by atoms with van der Waals surface area (Å²) in [6, 6.07) is 6.93. The van der Waals surface area contributed by atoms with Crippen molar-refractivity contribution < 1.29 is 44.2 Å². The number of benzene rings is 2. The van der Waals surface area contributed by atoms with Crippen molar-refractivity contribution in [1.29, 1.82) is 0 Å². The molecule has 154 valence electrons. The molecule has 30 heavy (non-hydrogen) atoms. The number of carbonyl (C=O) groups excluding carboxylic acids is 2. The fourth-order valence-electron chi connectivity index (χ4n) is 2.14. The molecule has 0 fully saturated rings. The first-order valence-corrected chi connectivity index (χ1v) is 9.47. The highest BCUT2D eigenvalue weighted by Gasteiger charge is 2.44. The van der Waals surface area contributed by atoms with Crippen LogP contribution in [0.4, 0.5) is 22.7 Å². The van der Waals surface area contributed by atoms with Gasteiger partial charge in [0, 0.05) is 56.4 Å². The van der Waals surface area contributed by atoms with E-state index in [9.17, 15) is 46.7 Å². The van der Waals surface area contributed by atoms with Crippen LogP contribution in [-0.4, -0.2) is 46.4 Å². The number of rotatable bonds is 4. The monoisotopic (exact) mass is 456 g/mol. The molecule has 0 aromatic heterocycles. The Balaban J connectivity index is 2.53. The number of non-ortho nitro benzene ring substituents is 2. The summed E-state index contributed by atoms with van der Waals surface area (Å²) in [5, 5.41) is 21.4. The second-order valence-electron chi connectivity index (χ2n) is 5.18. The van der Waals surface area contributed by atoms with Crippen LogP contribution in [-0.2, 0) is 30.6 Å². The molecule has 0 bridgehead atoms. The van der Waals surface area contributed by atoms with Crippen LogP contribution in [0.1, 0.15) is 0 Å². The van der Waals surface area contributed by atoms with Gasteiger partial charge in [0.25, 0.3) is 11.4 Å². The zero-order chi connectivity index (χ0) is 22.6. The summed E-state index contributed by atoms with van der Waals surface area (Å²) in [5.41, 5.74) is -1.79. The Kier molecular flexibility index (Phi) is 6.55. The van der Waals surface area contributed by atoms with Crippen molar-refractivity contribution in [3.05, 3.63) is 68.8 Å². The van der Waals surface area contributed by atoms with Crippen LogP contribution in [0.2, 0.25) is 0 Å². The van der Waals surface area contributed by atoms with Gasteiger partial charge in [0.1, 0.15) is 0 Å². The summed E-state index contributed by atoms with van der Waals surface area (Å²) in [5.74, 6) is -3.64. The first kappa shape index (κ1) is 22.1. The first-order valence-electron chi connectivity index (χ1n) is 7.40. The van der Waals surface area contributed by atoms with E-state index in [0.717, 1.165) is 48.5 Å². The summed E-state index contributed by atoms with van der Waals surface area (Å²) >= 11 is 0. The molecule has 0 radical (unpaired) electrons. The average Bonchev–Trinajstić information content (AvgIpc) is 2.68. The van der Waals surface area contributed by atoms with E-state index in [-0.39, 0.29) is 7.89 Å². The van der Waals surface area contributed by atoms with Gasteiger partial charge in [0.05, 0.1) is 9.85 Å². The summed E-state index contributed by atoms with van der Waals surface area (Å²) in [6.45, 7) is 0. The molecule has 0 aliphatic rings. The van der Waals surface area contributed by atoms with Gasteiger partial charge in [0.2, 0.25) is 11.4 Å². The Bertz CT molecular complexity index is 1240. The number of carbonyl (C=O) groups is 2. The highest BCUT2D eigenvalue weighted by atomic mass is 32.2. The van der Waals surface area contributed by atoms with Crippen LogP contribution >= 0.6 is 0 Å². The number of hydrogen-bond acceptors (Lipinski definition) is 10. The highest BCUT2D eigenvalue weighted by Crippen LogP contribution is 2.21. The number of hydrogen-bond donors (Lipinski definition) is 0. The largest absolute Gasteiger partial charge is 0.554 e. The van der Waals surface area contributed by atoms with Gasteiger partial charge in [-0.3, -0.25) is 20.2 Å². The average molecular weight is 456 g/mol. The predicted molar refractivity (Wildman–Crippen MR) is 93.9 cm³/mol. The third-order valence-electron chi connectivity index (χ3n) is 3.44. The van der Waals surface area contributed by atoms with Crippen molar-refractivity contribution in [2.24, 2.45) is 0 Å². The van der Waals surface area contributed by atoms with Gasteiger partial charge in [-0.15, -0.1) is 16.8 Å². The molecule has 14 nitrogen and oxygen atoms in total. The molecular weight excluding hydrogens is 448 g/mol. The van der Waals surface area contributed by atoms with Gasteiger partial charge < -0.3 is 0 Å². The van der Waals surface area contributed by atoms with E-state index in [1.807, 2.05) is 0 Å². The number of nitro benzene ring substituents is 2. The molecule has 2 amide bonds. The molecule has 16 heteroatoms. The zero-order valence-corrected chi connectivity index (χ0v) is 15.9. The minimum Gasteiger partial charge on any atom is -0.258 e. The van der Waals surface area contributed by atoms with E-state index in [0.29, 0.717) is 0 Å². The highest BCUT2D eigenvalue weighted by molar-refractivity contribution is 7.59. The predicted octanol–water partition coefficient (Wildman–Crippen LogP) is 0.670. The molecule has 0 atom stereocenters. The lowest BCUT2D eigenvalue weighted by Crippen LogP contribution is -2.32. The molecule has 0 N–H and O–H groups in total. The molecule has 2 aromatic rings. The van der Waals surface area contributed by atoms with Gasteiger partial charge >= 0.3 is 32.8 Å². The number of nitrogens with zero attached hydrogens (tertiary/aromatic N) is 4. The lowest BCUT2D eigenvalue weighted by Gasteiger charge is -1.95. The van der Waals surface area contributed by atoms with Crippen LogP contribution in [0.3, 0.4) is 0 Å². The Morgan fingerprint density at radius 2 is 0.800 bits per heavy atom. The number of nitro groups is 2. The fraction of sp³-hybridized carbons (Fsp3) is 0. The summed E-state index contributed by atoms with van der Waals surface area (Å²) < 4.78 is 45.7. The Labute approximate surface area is 168 Å². The van der Waals surface area contributed by atoms with Crippen molar-refractivity contribution in [3.8, 4) is 0 Å². The number of amides is 2. The topological polar surface area (TPSA) is 195 Å². The second-order valence-corrected chi connectivity index (χ2v) is 6.78. The van der Waals surface area contributed by atoms with Gasteiger partial charge in [0.15, 0.2) is 0 Å². The summed E-state index contributed by atoms with van der Waals surface area (Å²) in [7, 11) is -6.78. The first-order chi connectivity index (χ1) is 14.0. The standard InChI is InChI=1S/C14H8N4O10S2/c19-13(15(29(25)26)9-1-5-11(6-2-9)17(21)22)14(20)16(30(27)28)10-3-7-12(8-4-10)18(23)24/h1-8H/q+2. The van der Waals surface area contributed by atoms with Crippen LogP contribution in [0.5, 0.6) is 0 Å². The Morgan fingerprint density at radius 3 is 1.00 bits per heavy atom. The quantitative estimate of drug-likeness (QED) is 0.273. The van der Waals surface area contributed by atoms with E-state index < -0.39 is 65.4 Å². The lowest BCUT2D eigenvalue weighted by atomic mass is 10.2. The molecule has 0 spiro atoms. The van der Waals surface area contributed by atoms with E-state index in [2.05, 4.69) is 0 Å². The third kappa shape index (κ3) is 4.62. The Hall–Kier alpha value is -4.18. The smallest absolute Gasteiger partial charge is 0.258 e. The Morgan fingerprint density at radius 1 is 0.567 bits per heavy atom. The molecule has 0 heterocycles. The minimum atomic E-state index is -3.39. The van der Waals surface area contributed by atoms with Gasteiger partial charge in [-0.25, -0.2) is 9.59 Å². The molecule has 2 aromatic carbocycles. The summed E-state index contributed by atoms with van der Waals surface area (Å²) in [6.07, 6.45) is 0. The van der Waals surface area contributed by atoms with Crippen molar-refractivity contribution in [3.63, 3.8) is 0 Å². The van der Waals surface area contributed by atoms with Crippen molar-refractivity contribution >= 4 is 55.6 Å². The zero-order valence-electron chi connectivity index (χ0n) is 14.3. The molecule has 2 rings (SSSR count). The maximum atomic E-state index is 12.4. The summed E-state index contributed by atoms with van der Waals surface area (Å²) in [4.78, 5) is 44.6. The van der Waals surface area contributed by atoms with E-state index in [1.54, 1.807) is 0 Å². The normalized spacial score (nSPS) is 10.0. The molecular formula is C14H8N4O10S2+2. The SMILES string of the molecule is O=C(C(=O)[N+](c1ccc([N+](=O)[O-])cc1)=S(=O)=O)[N+](c1ccc([N+](=O)[O-])cc1)=S(=O)=O. The van der Waals surface area contributed by atoms with Crippen molar-refractivity contribution in [2.75, 3.05) is 0 Å².